The summed E-state index contributed by atoms with van der Waals surface area (Å²) in [5.74, 6) is 0.472. The quantitative estimate of drug-likeness (QED) is 0.366. The van der Waals surface area contributed by atoms with Crippen molar-refractivity contribution in [3.05, 3.63) is 54.9 Å². The van der Waals surface area contributed by atoms with Gasteiger partial charge in [0.2, 0.25) is 11.1 Å². The maximum Gasteiger partial charge on any atom is 0.230 e. The van der Waals surface area contributed by atoms with Crippen LogP contribution in [0.2, 0.25) is 0 Å². The highest BCUT2D eigenvalue weighted by molar-refractivity contribution is 7.99. The van der Waals surface area contributed by atoms with Gasteiger partial charge >= 0.3 is 0 Å². The van der Waals surface area contributed by atoms with E-state index >= 15 is 0 Å². The maximum atomic E-state index is 14.8. The first kappa shape index (κ1) is 21.3. The molecule has 36 heavy (non-hydrogen) atoms. The number of carbonyl (C=O) groups is 1. The van der Waals surface area contributed by atoms with Crippen molar-refractivity contribution in [3.8, 4) is 16.9 Å². The molecule has 0 atom stereocenters. The van der Waals surface area contributed by atoms with Gasteiger partial charge in [0.05, 0.1) is 24.5 Å². The second kappa shape index (κ2) is 8.02. The number of anilines is 1. The number of carbonyl (C=O) groups excluding carboxylic acids is 1. The smallest absolute Gasteiger partial charge is 0.230 e. The third kappa shape index (κ3) is 3.49. The highest BCUT2D eigenvalue weighted by atomic mass is 32.2. The number of nitrogens with zero attached hydrogens (tertiary/aromatic N) is 7. The van der Waals surface area contributed by atoms with Crippen molar-refractivity contribution in [2.45, 2.75) is 22.9 Å². The van der Waals surface area contributed by atoms with Crippen LogP contribution in [0.3, 0.4) is 0 Å². The first-order valence-electron chi connectivity index (χ1n) is 11.6. The van der Waals surface area contributed by atoms with E-state index in [1.807, 2.05) is 37.6 Å². The number of pyridine rings is 2. The lowest BCUT2D eigenvalue weighted by atomic mass is 10.1. The average Bonchev–Trinajstić information content (AvgIpc) is 3.53. The molecule has 1 fully saturated rings. The van der Waals surface area contributed by atoms with Crippen LogP contribution in [-0.2, 0) is 11.8 Å². The summed E-state index contributed by atoms with van der Waals surface area (Å²) in [6.45, 7) is 0.966. The molecule has 2 aliphatic rings. The van der Waals surface area contributed by atoms with Gasteiger partial charge in [0.15, 0.2) is 17.2 Å². The van der Waals surface area contributed by atoms with E-state index in [1.165, 1.54) is 17.8 Å². The Kier molecular flexibility index (Phi) is 4.75. The molecule has 11 heteroatoms. The number of fused-ring (bicyclic) bond motifs is 4. The van der Waals surface area contributed by atoms with E-state index in [-0.39, 0.29) is 17.5 Å². The highest BCUT2D eigenvalue weighted by Gasteiger charge is 2.36. The molecular weight excluding hydrogens is 481 g/mol. The van der Waals surface area contributed by atoms with Crippen molar-refractivity contribution in [1.29, 1.82) is 0 Å². The Morgan fingerprint density at radius 1 is 1.14 bits per heavy atom. The molecule has 0 unspecified atom stereocenters. The molecule has 1 aromatic carbocycles. The molecule has 180 valence electrons. The highest BCUT2D eigenvalue weighted by Crippen LogP contribution is 2.42. The zero-order chi connectivity index (χ0) is 24.4. The lowest BCUT2D eigenvalue weighted by Gasteiger charge is -2.30. The zero-order valence-corrected chi connectivity index (χ0v) is 20.1. The van der Waals surface area contributed by atoms with Crippen molar-refractivity contribution in [1.82, 2.24) is 29.4 Å². The van der Waals surface area contributed by atoms with Gasteiger partial charge in [0.25, 0.3) is 0 Å². The number of hydrogen-bond donors (Lipinski definition) is 0. The second-order valence-corrected chi connectivity index (χ2v) is 10.1. The summed E-state index contributed by atoms with van der Waals surface area (Å²) in [6.07, 6.45) is 8.94. The summed E-state index contributed by atoms with van der Waals surface area (Å²) in [5.41, 5.74) is 3.12. The van der Waals surface area contributed by atoms with Crippen molar-refractivity contribution >= 4 is 39.9 Å². The molecule has 0 N–H and O–H groups in total. The van der Waals surface area contributed by atoms with Gasteiger partial charge in [-0.05, 0) is 48.9 Å². The number of hydrogen-bond acceptors (Lipinski definition) is 7. The number of halogens is 1. The van der Waals surface area contributed by atoms with E-state index in [1.54, 1.807) is 26.4 Å². The monoisotopic (exact) mass is 501 g/mol. The van der Waals surface area contributed by atoms with E-state index in [4.69, 9.17) is 4.74 Å². The van der Waals surface area contributed by atoms with E-state index in [2.05, 4.69) is 20.3 Å². The molecule has 0 saturated heterocycles. The van der Waals surface area contributed by atoms with Crippen molar-refractivity contribution in [2.24, 2.45) is 13.0 Å². The van der Waals surface area contributed by atoms with Gasteiger partial charge in [-0.25, -0.2) is 4.39 Å². The van der Waals surface area contributed by atoms with E-state index in [9.17, 15) is 9.18 Å². The summed E-state index contributed by atoms with van der Waals surface area (Å²) in [7, 11) is 1.82. The summed E-state index contributed by atoms with van der Waals surface area (Å²) in [4.78, 5) is 20.1. The predicted molar refractivity (Wildman–Crippen MR) is 132 cm³/mol. The second-order valence-electron chi connectivity index (χ2n) is 9.02. The van der Waals surface area contributed by atoms with Gasteiger partial charge in [-0.3, -0.25) is 18.9 Å². The number of benzene rings is 1. The molecule has 1 saturated carbocycles. The van der Waals surface area contributed by atoms with Gasteiger partial charge in [-0.15, -0.1) is 10.2 Å². The molecule has 5 aromatic rings. The summed E-state index contributed by atoms with van der Waals surface area (Å²) in [6, 6.07) is 7.26. The van der Waals surface area contributed by atoms with Crippen LogP contribution in [0.4, 0.5) is 10.1 Å². The Balaban J connectivity index is 1.28. The Hall–Kier alpha value is -3.99. The predicted octanol–water partition coefficient (Wildman–Crippen LogP) is 4.10. The molecule has 0 bridgehead atoms. The van der Waals surface area contributed by atoms with Crippen molar-refractivity contribution in [3.63, 3.8) is 0 Å². The fraction of sp³-hybridized carbons (Fsp3) is 0.240. The minimum Gasteiger partial charge on any atom is -0.489 e. The Morgan fingerprint density at radius 3 is 2.83 bits per heavy atom. The number of ether oxygens (including phenoxy) is 1. The molecule has 9 nitrogen and oxygen atoms in total. The fourth-order valence-corrected chi connectivity index (χ4v) is 5.36. The number of rotatable bonds is 4. The van der Waals surface area contributed by atoms with Gasteiger partial charge < -0.3 is 9.64 Å². The van der Waals surface area contributed by atoms with Crippen LogP contribution in [0.5, 0.6) is 5.75 Å². The lowest BCUT2D eigenvalue weighted by Crippen LogP contribution is -2.39. The van der Waals surface area contributed by atoms with Crippen LogP contribution < -0.4 is 9.64 Å². The Morgan fingerprint density at radius 2 is 2.03 bits per heavy atom. The minimum atomic E-state index is -0.457. The van der Waals surface area contributed by atoms with Gasteiger partial charge in [0.1, 0.15) is 12.3 Å². The number of amides is 1. The van der Waals surface area contributed by atoms with Crippen LogP contribution in [0, 0.1) is 11.7 Å². The van der Waals surface area contributed by atoms with Gasteiger partial charge in [-0.1, -0.05) is 0 Å². The first-order chi connectivity index (χ1) is 17.5. The molecule has 0 spiro atoms. The van der Waals surface area contributed by atoms with Crippen molar-refractivity contribution < 1.29 is 13.9 Å². The van der Waals surface area contributed by atoms with Crippen LogP contribution in [0.1, 0.15) is 12.8 Å². The molecule has 4 aromatic heterocycles. The largest absolute Gasteiger partial charge is 0.489 e. The standard InChI is InChI=1S/C25H20FN7O2S/c1-31-12-16(10-28-31)15-8-19(26)23-29-30-25(33(23)13-15)36-17-4-5-20-18(9-17)22-21(11-27-20)32(6-7-35-22)24(34)14-2-3-14/h4-5,8-14H,2-3,6-7H2,1H3. The van der Waals surface area contributed by atoms with Crippen molar-refractivity contribution in [2.75, 3.05) is 18.1 Å². The lowest BCUT2D eigenvalue weighted by molar-refractivity contribution is -0.120. The molecule has 1 amide bonds. The third-order valence-corrected chi connectivity index (χ3v) is 7.44. The SMILES string of the molecule is Cn1cc(-c2cc(F)c3nnc(Sc4ccc5ncc6c(c5c4)OCCN6C(=O)C4CC4)n3c2)cn1. The zero-order valence-electron chi connectivity index (χ0n) is 19.3. The Bertz CT molecular complexity index is 1680. The number of aryl methyl sites for hydroxylation is 1. The maximum absolute atomic E-state index is 14.8. The fourth-order valence-electron chi connectivity index (χ4n) is 4.52. The number of aromatic nitrogens is 6. The molecule has 5 heterocycles. The van der Waals surface area contributed by atoms with Gasteiger partial charge in [0, 0.05) is 46.8 Å². The summed E-state index contributed by atoms with van der Waals surface area (Å²) < 4.78 is 24.2. The third-order valence-electron chi connectivity index (χ3n) is 6.49. The average molecular weight is 502 g/mol. The topological polar surface area (TPSA) is 90.4 Å². The minimum absolute atomic E-state index is 0.117. The van der Waals surface area contributed by atoms with E-state index in [0.717, 1.165) is 34.2 Å². The van der Waals surface area contributed by atoms with Crippen LogP contribution in [-0.4, -0.2) is 48.4 Å². The molecule has 1 aliphatic carbocycles. The molecular formula is C25H20FN7O2S. The van der Waals surface area contributed by atoms with Gasteiger partial charge in [-0.2, -0.15) is 5.10 Å². The summed E-state index contributed by atoms with van der Waals surface area (Å²) in [5, 5.41) is 13.8. The van der Waals surface area contributed by atoms with Crippen LogP contribution in [0.15, 0.2) is 59.1 Å². The first-order valence-corrected chi connectivity index (χ1v) is 12.4. The van der Waals surface area contributed by atoms with Crippen LogP contribution in [0.25, 0.3) is 27.7 Å². The Labute approximate surface area is 208 Å². The molecule has 7 rings (SSSR count). The van der Waals surface area contributed by atoms with Crippen LogP contribution >= 0.6 is 11.8 Å². The summed E-state index contributed by atoms with van der Waals surface area (Å²) >= 11 is 1.37. The normalized spacial score (nSPS) is 15.3. The molecule has 1 aliphatic heterocycles. The van der Waals surface area contributed by atoms with E-state index < -0.39 is 5.82 Å². The van der Waals surface area contributed by atoms with E-state index in [0.29, 0.717) is 35.3 Å². The molecule has 0 radical (unpaired) electrons.